The highest BCUT2D eigenvalue weighted by Crippen LogP contribution is 2.29. The molecule has 0 unspecified atom stereocenters. The van der Waals surface area contributed by atoms with Crippen LogP contribution >= 0.6 is 11.3 Å². The van der Waals surface area contributed by atoms with E-state index in [0.717, 1.165) is 54.3 Å². The molecule has 3 heterocycles. The maximum absolute atomic E-state index is 5.67. The fourth-order valence-corrected chi connectivity index (χ4v) is 3.48. The van der Waals surface area contributed by atoms with Gasteiger partial charge >= 0.3 is 0 Å². The van der Waals surface area contributed by atoms with Crippen molar-refractivity contribution in [2.75, 3.05) is 18.5 Å². The lowest BCUT2D eigenvalue weighted by atomic mass is 10.2. The standard InChI is InChI=1S/C15H21N3OS/c1-3-11-8-12-14(16-9-10-6-5-7-19-10)17-13(4-2)18-15(12)20-11/h8,10H,3-7,9H2,1-2H3,(H,16,17,18)/t10-/m0/s1. The van der Waals surface area contributed by atoms with Gasteiger partial charge in [0.15, 0.2) is 0 Å². The van der Waals surface area contributed by atoms with Crippen LogP contribution in [-0.4, -0.2) is 29.2 Å². The number of rotatable bonds is 5. The molecule has 1 aliphatic rings. The van der Waals surface area contributed by atoms with E-state index in [2.05, 4.69) is 35.2 Å². The Morgan fingerprint density at radius 1 is 1.35 bits per heavy atom. The van der Waals surface area contributed by atoms with Crippen LogP contribution in [0.5, 0.6) is 0 Å². The summed E-state index contributed by atoms with van der Waals surface area (Å²) in [6.07, 6.45) is 4.56. The summed E-state index contributed by atoms with van der Waals surface area (Å²) in [7, 11) is 0. The molecule has 20 heavy (non-hydrogen) atoms. The molecule has 1 N–H and O–H groups in total. The third kappa shape index (κ3) is 2.79. The molecule has 2 aromatic heterocycles. The van der Waals surface area contributed by atoms with Gasteiger partial charge in [-0.1, -0.05) is 13.8 Å². The SMILES string of the molecule is CCc1nc(NC[C@@H]2CCCO2)c2cc(CC)sc2n1. The second-order valence-corrected chi connectivity index (χ2v) is 6.26. The first-order valence-corrected chi connectivity index (χ1v) is 8.26. The maximum Gasteiger partial charge on any atom is 0.138 e. The van der Waals surface area contributed by atoms with E-state index < -0.39 is 0 Å². The number of aromatic nitrogens is 2. The first kappa shape index (κ1) is 13.8. The van der Waals surface area contributed by atoms with Crippen LogP contribution in [-0.2, 0) is 17.6 Å². The Morgan fingerprint density at radius 3 is 2.95 bits per heavy atom. The number of nitrogens with one attached hydrogen (secondary N) is 1. The van der Waals surface area contributed by atoms with Gasteiger partial charge in [0.1, 0.15) is 16.5 Å². The minimum Gasteiger partial charge on any atom is -0.376 e. The number of fused-ring (bicyclic) bond motifs is 1. The molecule has 3 rings (SSSR count). The smallest absolute Gasteiger partial charge is 0.138 e. The summed E-state index contributed by atoms with van der Waals surface area (Å²) >= 11 is 1.78. The zero-order chi connectivity index (χ0) is 13.9. The molecule has 0 aromatic carbocycles. The Labute approximate surface area is 123 Å². The van der Waals surface area contributed by atoms with Crippen molar-refractivity contribution >= 4 is 27.4 Å². The molecule has 2 aromatic rings. The van der Waals surface area contributed by atoms with Crippen LogP contribution in [0.25, 0.3) is 10.2 Å². The molecule has 4 nitrogen and oxygen atoms in total. The lowest BCUT2D eigenvalue weighted by Gasteiger charge is -2.12. The minimum atomic E-state index is 0.328. The van der Waals surface area contributed by atoms with Crippen LogP contribution in [0.1, 0.15) is 37.4 Å². The van der Waals surface area contributed by atoms with Crippen LogP contribution in [0.4, 0.5) is 5.82 Å². The van der Waals surface area contributed by atoms with Crippen LogP contribution in [0.3, 0.4) is 0 Å². The molecule has 1 aliphatic heterocycles. The summed E-state index contributed by atoms with van der Waals surface area (Å²) in [6, 6.07) is 2.22. The van der Waals surface area contributed by atoms with E-state index in [9.17, 15) is 0 Å². The third-order valence-electron chi connectivity index (χ3n) is 3.68. The Bertz CT molecular complexity index is 590. The van der Waals surface area contributed by atoms with Gasteiger partial charge in [-0.05, 0) is 25.3 Å². The maximum atomic E-state index is 5.67. The van der Waals surface area contributed by atoms with Crippen molar-refractivity contribution in [3.8, 4) is 0 Å². The Balaban J connectivity index is 1.87. The number of aryl methyl sites for hydroxylation is 2. The quantitative estimate of drug-likeness (QED) is 0.917. The first-order valence-electron chi connectivity index (χ1n) is 7.45. The molecule has 108 valence electrons. The van der Waals surface area contributed by atoms with Crippen molar-refractivity contribution < 1.29 is 4.74 Å². The number of ether oxygens (including phenoxy) is 1. The van der Waals surface area contributed by atoms with Gasteiger partial charge in [-0.25, -0.2) is 9.97 Å². The number of hydrogen-bond donors (Lipinski definition) is 1. The Morgan fingerprint density at radius 2 is 2.25 bits per heavy atom. The van der Waals surface area contributed by atoms with Gasteiger partial charge < -0.3 is 10.1 Å². The summed E-state index contributed by atoms with van der Waals surface area (Å²) in [5, 5.41) is 4.63. The lowest BCUT2D eigenvalue weighted by Crippen LogP contribution is -2.19. The van der Waals surface area contributed by atoms with E-state index in [0.29, 0.717) is 6.10 Å². The fourth-order valence-electron chi connectivity index (χ4n) is 2.50. The van der Waals surface area contributed by atoms with Gasteiger partial charge in [0.05, 0.1) is 11.5 Å². The van der Waals surface area contributed by atoms with Crippen molar-refractivity contribution in [1.82, 2.24) is 9.97 Å². The molecule has 0 radical (unpaired) electrons. The highest BCUT2D eigenvalue weighted by atomic mass is 32.1. The van der Waals surface area contributed by atoms with Crippen LogP contribution in [0, 0.1) is 0 Å². The predicted molar refractivity (Wildman–Crippen MR) is 83.6 cm³/mol. The van der Waals surface area contributed by atoms with Crippen molar-refractivity contribution in [1.29, 1.82) is 0 Å². The van der Waals surface area contributed by atoms with Crippen molar-refractivity contribution in [2.24, 2.45) is 0 Å². The predicted octanol–water partition coefficient (Wildman–Crippen LogP) is 3.41. The monoisotopic (exact) mass is 291 g/mol. The summed E-state index contributed by atoms with van der Waals surface area (Å²) in [6.45, 7) is 6.01. The molecule has 1 fully saturated rings. The molecule has 0 bridgehead atoms. The van der Waals surface area contributed by atoms with Gasteiger partial charge in [0.25, 0.3) is 0 Å². The number of nitrogens with zero attached hydrogens (tertiary/aromatic N) is 2. The molecule has 1 atom stereocenters. The van der Waals surface area contributed by atoms with E-state index in [1.54, 1.807) is 11.3 Å². The van der Waals surface area contributed by atoms with Gasteiger partial charge in [0.2, 0.25) is 0 Å². The molecular formula is C15H21N3OS. The fraction of sp³-hybridized carbons (Fsp3) is 0.600. The van der Waals surface area contributed by atoms with Crippen LogP contribution in [0.2, 0.25) is 0 Å². The second-order valence-electron chi connectivity index (χ2n) is 5.14. The third-order valence-corrected chi connectivity index (χ3v) is 4.85. The molecule has 0 amide bonds. The summed E-state index contributed by atoms with van der Waals surface area (Å²) in [5.74, 6) is 1.88. The van der Waals surface area contributed by atoms with Gasteiger partial charge in [-0.2, -0.15) is 0 Å². The van der Waals surface area contributed by atoms with Crippen LogP contribution < -0.4 is 5.32 Å². The summed E-state index contributed by atoms with van der Waals surface area (Å²) in [5.41, 5.74) is 0. The summed E-state index contributed by atoms with van der Waals surface area (Å²) in [4.78, 5) is 11.8. The highest BCUT2D eigenvalue weighted by Gasteiger charge is 2.17. The summed E-state index contributed by atoms with van der Waals surface area (Å²) < 4.78 is 5.67. The van der Waals surface area contributed by atoms with E-state index in [4.69, 9.17) is 4.74 Å². The number of thiophene rings is 1. The van der Waals surface area contributed by atoms with E-state index >= 15 is 0 Å². The van der Waals surface area contributed by atoms with E-state index in [-0.39, 0.29) is 0 Å². The Kier molecular flexibility index (Phi) is 4.17. The average molecular weight is 291 g/mol. The van der Waals surface area contributed by atoms with Crippen LogP contribution in [0.15, 0.2) is 6.07 Å². The molecular weight excluding hydrogens is 270 g/mol. The second kappa shape index (κ2) is 6.06. The highest BCUT2D eigenvalue weighted by molar-refractivity contribution is 7.18. The largest absolute Gasteiger partial charge is 0.376 e. The van der Waals surface area contributed by atoms with Crippen molar-refractivity contribution in [2.45, 2.75) is 45.6 Å². The molecule has 0 spiro atoms. The Hall–Kier alpha value is -1.20. The zero-order valence-corrected chi connectivity index (χ0v) is 12.9. The first-order chi connectivity index (χ1) is 9.80. The molecule has 0 aliphatic carbocycles. The molecule has 5 heteroatoms. The minimum absolute atomic E-state index is 0.328. The normalized spacial score (nSPS) is 18.8. The van der Waals surface area contributed by atoms with Crippen molar-refractivity contribution in [3.05, 3.63) is 16.8 Å². The average Bonchev–Trinajstić information content (AvgIpc) is 3.12. The topological polar surface area (TPSA) is 47.0 Å². The number of hydrogen-bond acceptors (Lipinski definition) is 5. The van der Waals surface area contributed by atoms with Gasteiger partial charge in [-0.15, -0.1) is 11.3 Å². The zero-order valence-electron chi connectivity index (χ0n) is 12.1. The van der Waals surface area contributed by atoms with E-state index in [1.807, 2.05) is 0 Å². The molecule has 0 saturated carbocycles. The molecule has 1 saturated heterocycles. The lowest BCUT2D eigenvalue weighted by molar-refractivity contribution is 0.120. The van der Waals surface area contributed by atoms with Gasteiger partial charge in [-0.3, -0.25) is 0 Å². The number of anilines is 1. The van der Waals surface area contributed by atoms with Crippen molar-refractivity contribution in [3.63, 3.8) is 0 Å². The van der Waals surface area contributed by atoms with E-state index in [1.165, 1.54) is 11.3 Å². The van der Waals surface area contributed by atoms with Gasteiger partial charge in [0, 0.05) is 24.4 Å².